The van der Waals surface area contributed by atoms with Crippen LogP contribution in [0.4, 0.5) is 0 Å². The van der Waals surface area contributed by atoms with Crippen LogP contribution < -0.4 is 0 Å². The molecule has 0 unspecified atom stereocenters. The number of aromatic nitrogens is 1. The van der Waals surface area contributed by atoms with Crippen LogP contribution >= 0.6 is 22.9 Å². The summed E-state index contributed by atoms with van der Waals surface area (Å²) in [4.78, 5) is 22.6. The SMILES string of the molecule is O=C(CCc1ncc(-c2ccc(Cl)cc2)o1)N1CCN(Cc2cccs2)CC1. The highest BCUT2D eigenvalue weighted by Gasteiger charge is 2.21. The van der Waals surface area contributed by atoms with Gasteiger partial charge in [0.05, 0.1) is 6.20 Å². The monoisotopic (exact) mass is 415 g/mol. The molecule has 2 aromatic heterocycles. The van der Waals surface area contributed by atoms with Gasteiger partial charge in [-0.25, -0.2) is 4.98 Å². The Bertz CT molecular complexity index is 900. The summed E-state index contributed by atoms with van der Waals surface area (Å²) in [5.41, 5.74) is 0.927. The molecule has 0 aliphatic carbocycles. The third-order valence-electron chi connectivity index (χ3n) is 4.92. The fourth-order valence-electron chi connectivity index (χ4n) is 3.32. The Morgan fingerprint density at radius 3 is 2.64 bits per heavy atom. The van der Waals surface area contributed by atoms with Crippen LogP contribution in [0.25, 0.3) is 11.3 Å². The molecule has 1 saturated heterocycles. The second kappa shape index (κ2) is 8.90. The lowest BCUT2D eigenvalue weighted by Crippen LogP contribution is -2.48. The predicted molar refractivity (Wildman–Crippen MR) is 111 cm³/mol. The van der Waals surface area contributed by atoms with E-state index in [1.54, 1.807) is 17.5 Å². The Labute approximate surface area is 173 Å². The molecule has 1 aliphatic heterocycles. The van der Waals surface area contributed by atoms with E-state index < -0.39 is 0 Å². The zero-order chi connectivity index (χ0) is 19.3. The van der Waals surface area contributed by atoms with Gasteiger partial charge in [0.1, 0.15) is 0 Å². The number of piperazine rings is 1. The van der Waals surface area contributed by atoms with E-state index in [0.717, 1.165) is 38.3 Å². The molecule has 5 nitrogen and oxygen atoms in total. The number of carbonyl (C=O) groups excluding carboxylic acids is 1. The zero-order valence-corrected chi connectivity index (χ0v) is 17.1. The minimum atomic E-state index is 0.169. The largest absolute Gasteiger partial charge is 0.441 e. The quantitative estimate of drug-likeness (QED) is 0.601. The molecule has 0 atom stereocenters. The van der Waals surface area contributed by atoms with Crippen molar-refractivity contribution in [2.24, 2.45) is 0 Å². The molecule has 4 rings (SSSR count). The number of amides is 1. The number of rotatable bonds is 6. The van der Waals surface area contributed by atoms with E-state index >= 15 is 0 Å². The van der Waals surface area contributed by atoms with Crippen LogP contribution in [0, 0.1) is 0 Å². The highest BCUT2D eigenvalue weighted by Crippen LogP contribution is 2.23. The Morgan fingerprint density at radius 1 is 1.14 bits per heavy atom. The van der Waals surface area contributed by atoms with Crippen LogP contribution in [-0.2, 0) is 17.8 Å². The summed E-state index contributed by atoms with van der Waals surface area (Å²) in [5, 5.41) is 2.79. The smallest absolute Gasteiger partial charge is 0.223 e. The van der Waals surface area contributed by atoms with Crippen molar-refractivity contribution in [2.45, 2.75) is 19.4 Å². The van der Waals surface area contributed by atoms with Crippen molar-refractivity contribution in [3.05, 3.63) is 63.8 Å². The maximum absolute atomic E-state index is 12.5. The Hall–Kier alpha value is -2.15. The van der Waals surface area contributed by atoms with Gasteiger partial charge >= 0.3 is 0 Å². The molecule has 0 bridgehead atoms. The van der Waals surface area contributed by atoms with E-state index in [9.17, 15) is 4.79 Å². The number of benzene rings is 1. The van der Waals surface area contributed by atoms with Gasteiger partial charge in [-0.05, 0) is 35.7 Å². The standard InChI is InChI=1S/C21H22ClN3O2S/c22-17-5-3-16(4-6-17)19-14-23-20(27-19)7-8-21(26)25-11-9-24(10-12-25)15-18-2-1-13-28-18/h1-6,13-14H,7-12,15H2. The van der Waals surface area contributed by atoms with Crippen LogP contribution in [-0.4, -0.2) is 46.9 Å². The van der Waals surface area contributed by atoms with Gasteiger partial charge in [-0.1, -0.05) is 17.7 Å². The summed E-state index contributed by atoms with van der Waals surface area (Å²) in [6, 6.07) is 11.7. The van der Waals surface area contributed by atoms with Crippen molar-refractivity contribution in [1.29, 1.82) is 0 Å². The fourth-order valence-corrected chi connectivity index (χ4v) is 4.20. The number of oxazole rings is 1. The fraction of sp³-hybridized carbons (Fsp3) is 0.333. The second-order valence-electron chi connectivity index (χ2n) is 6.86. The maximum Gasteiger partial charge on any atom is 0.223 e. The van der Waals surface area contributed by atoms with E-state index in [4.69, 9.17) is 16.0 Å². The first kappa shape index (κ1) is 19.2. The summed E-state index contributed by atoms with van der Waals surface area (Å²) in [6.07, 6.45) is 2.64. The van der Waals surface area contributed by atoms with Crippen LogP contribution in [0.15, 0.2) is 52.4 Å². The number of aryl methyl sites for hydroxylation is 1. The number of nitrogens with zero attached hydrogens (tertiary/aromatic N) is 3. The molecule has 28 heavy (non-hydrogen) atoms. The van der Waals surface area contributed by atoms with E-state index in [1.165, 1.54) is 4.88 Å². The lowest BCUT2D eigenvalue weighted by atomic mass is 10.2. The van der Waals surface area contributed by atoms with Crippen LogP contribution in [0.1, 0.15) is 17.2 Å². The Morgan fingerprint density at radius 2 is 1.93 bits per heavy atom. The minimum absolute atomic E-state index is 0.169. The first-order valence-electron chi connectivity index (χ1n) is 9.40. The molecule has 7 heteroatoms. The number of hydrogen-bond donors (Lipinski definition) is 0. The van der Waals surface area contributed by atoms with Gasteiger partial charge in [0.2, 0.25) is 5.91 Å². The van der Waals surface area contributed by atoms with Crippen molar-refractivity contribution in [1.82, 2.24) is 14.8 Å². The number of halogens is 1. The van der Waals surface area contributed by atoms with Gasteiger partial charge in [0.15, 0.2) is 11.7 Å². The van der Waals surface area contributed by atoms with Crippen molar-refractivity contribution in [2.75, 3.05) is 26.2 Å². The number of carbonyl (C=O) groups is 1. The van der Waals surface area contributed by atoms with Crippen molar-refractivity contribution in [3.8, 4) is 11.3 Å². The topological polar surface area (TPSA) is 49.6 Å². The van der Waals surface area contributed by atoms with E-state index in [1.807, 2.05) is 29.2 Å². The average Bonchev–Trinajstić information content (AvgIpc) is 3.39. The molecule has 0 radical (unpaired) electrons. The summed E-state index contributed by atoms with van der Waals surface area (Å²) < 4.78 is 5.79. The Balaban J connectivity index is 1.24. The normalized spacial score (nSPS) is 15.1. The van der Waals surface area contributed by atoms with Crippen molar-refractivity contribution >= 4 is 28.8 Å². The molecule has 146 valence electrons. The summed E-state index contributed by atoms with van der Waals surface area (Å²) >= 11 is 7.70. The number of hydrogen-bond acceptors (Lipinski definition) is 5. The first-order chi connectivity index (χ1) is 13.7. The van der Waals surface area contributed by atoms with Gasteiger partial charge in [-0.3, -0.25) is 9.69 Å². The van der Waals surface area contributed by atoms with Gasteiger partial charge in [-0.15, -0.1) is 11.3 Å². The highest BCUT2D eigenvalue weighted by molar-refractivity contribution is 7.09. The molecule has 1 aliphatic rings. The zero-order valence-electron chi connectivity index (χ0n) is 15.5. The first-order valence-corrected chi connectivity index (χ1v) is 10.7. The van der Waals surface area contributed by atoms with Gasteiger partial charge in [0.25, 0.3) is 0 Å². The molecular formula is C21H22ClN3O2S. The van der Waals surface area contributed by atoms with Crippen molar-refractivity contribution < 1.29 is 9.21 Å². The van der Waals surface area contributed by atoms with E-state index in [-0.39, 0.29) is 5.91 Å². The van der Waals surface area contributed by atoms with Gasteiger partial charge in [-0.2, -0.15) is 0 Å². The number of thiophene rings is 1. The highest BCUT2D eigenvalue weighted by atomic mass is 35.5. The molecule has 0 spiro atoms. The predicted octanol–water partition coefficient (Wildman–Crippen LogP) is 4.33. The van der Waals surface area contributed by atoms with Gasteiger partial charge < -0.3 is 9.32 Å². The summed E-state index contributed by atoms with van der Waals surface area (Å²) in [7, 11) is 0. The van der Waals surface area contributed by atoms with Gasteiger partial charge in [0, 0.05) is 61.0 Å². The molecule has 1 aromatic carbocycles. The maximum atomic E-state index is 12.5. The summed E-state index contributed by atoms with van der Waals surface area (Å²) in [5.74, 6) is 1.46. The molecule has 0 saturated carbocycles. The van der Waals surface area contributed by atoms with E-state index in [0.29, 0.717) is 29.5 Å². The average molecular weight is 416 g/mol. The third-order valence-corrected chi connectivity index (χ3v) is 6.03. The lowest BCUT2D eigenvalue weighted by molar-refractivity contribution is -0.133. The molecule has 3 heterocycles. The molecule has 1 amide bonds. The van der Waals surface area contributed by atoms with Crippen LogP contribution in [0.3, 0.4) is 0 Å². The molecular weight excluding hydrogens is 394 g/mol. The lowest BCUT2D eigenvalue weighted by Gasteiger charge is -2.34. The Kier molecular flexibility index (Phi) is 6.10. The van der Waals surface area contributed by atoms with E-state index in [2.05, 4.69) is 27.4 Å². The van der Waals surface area contributed by atoms with Crippen molar-refractivity contribution in [3.63, 3.8) is 0 Å². The van der Waals surface area contributed by atoms with Crippen LogP contribution in [0.5, 0.6) is 0 Å². The molecule has 0 N–H and O–H groups in total. The second-order valence-corrected chi connectivity index (χ2v) is 8.33. The third kappa shape index (κ3) is 4.82. The molecule has 3 aromatic rings. The van der Waals surface area contributed by atoms with Crippen LogP contribution in [0.2, 0.25) is 5.02 Å². The minimum Gasteiger partial charge on any atom is -0.441 e. The molecule has 1 fully saturated rings. The summed E-state index contributed by atoms with van der Waals surface area (Å²) in [6.45, 7) is 4.38.